The van der Waals surface area contributed by atoms with Gasteiger partial charge in [-0.2, -0.15) is 0 Å². The van der Waals surface area contributed by atoms with Gasteiger partial charge in [0.2, 0.25) is 0 Å². The standard InChI is InChI=1S/C18H25NO2/c1-5-18(4,6-2)19-17(21)16-11-10-14(3)13-15(16)9-7-8-12-20/h10-11,13,20H,5-6,8,12H2,1-4H3,(H,19,21). The summed E-state index contributed by atoms with van der Waals surface area (Å²) < 4.78 is 0. The topological polar surface area (TPSA) is 49.3 Å². The van der Waals surface area contributed by atoms with Gasteiger partial charge in [0, 0.05) is 17.5 Å². The number of hydrogen-bond acceptors (Lipinski definition) is 2. The van der Waals surface area contributed by atoms with Crippen molar-refractivity contribution in [3.63, 3.8) is 0 Å². The number of benzene rings is 1. The molecule has 1 aromatic carbocycles. The van der Waals surface area contributed by atoms with Crippen LogP contribution in [-0.2, 0) is 0 Å². The number of rotatable bonds is 5. The lowest BCUT2D eigenvalue weighted by Crippen LogP contribution is -2.45. The van der Waals surface area contributed by atoms with E-state index in [0.29, 0.717) is 12.0 Å². The summed E-state index contributed by atoms with van der Waals surface area (Å²) in [5.74, 6) is 5.78. The molecule has 1 amide bonds. The van der Waals surface area contributed by atoms with E-state index >= 15 is 0 Å². The lowest BCUT2D eigenvalue weighted by Gasteiger charge is -2.28. The summed E-state index contributed by atoms with van der Waals surface area (Å²) in [5, 5.41) is 11.9. The van der Waals surface area contributed by atoms with Crippen LogP contribution in [0.1, 0.15) is 61.5 Å². The van der Waals surface area contributed by atoms with Crippen LogP contribution in [0.3, 0.4) is 0 Å². The molecular formula is C18H25NO2. The first-order valence-corrected chi connectivity index (χ1v) is 7.48. The molecular weight excluding hydrogens is 262 g/mol. The SMILES string of the molecule is CCC(C)(CC)NC(=O)c1ccc(C)cc1C#CCCO. The molecule has 0 saturated heterocycles. The summed E-state index contributed by atoms with van der Waals surface area (Å²) in [7, 11) is 0. The lowest BCUT2D eigenvalue weighted by atomic mass is 9.94. The molecule has 114 valence electrons. The maximum absolute atomic E-state index is 12.5. The Kier molecular flexibility index (Phi) is 6.45. The highest BCUT2D eigenvalue weighted by Gasteiger charge is 2.23. The molecule has 0 atom stereocenters. The van der Waals surface area contributed by atoms with Crippen LogP contribution in [-0.4, -0.2) is 23.2 Å². The van der Waals surface area contributed by atoms with E-state index < -0.39 is 0 Å². The Morgan fingerprint density at radius 1 is 1.33 bits per heavy atom. The Balaban J connectivity index is 3.07. The van der Waals surface area contributed by atoms with Gasteiger partial charge in [-0.1, -0.05) is 31.8 Å². The minimum Gasteiger partial charge on any atom is -0.395 e. The van der Waals surface area contributed by atoms with E-state index in [1.165, 1.54) is 0 Å². The van der Waals surface area contributed by atoms with Gasteiger partial charge in [0.15, 0.2) is 0 Å². The smallest absolute Gasteiger partial charge is 0.252 e. The Hall–Kier alpha value is -1.79. The van der Waals surface area contributed by atoms with Crippen LogP contribution in [0.2, 0.25) is 0 Å². The summed E-state index contributed by atoms with van der Waals surface area (Å²) in [6, 6.07) is 5.65. The highest BCUT2D eigenvalue weighted by atomic mass is 16.2. The van der Waals surface area contributed by atoms with E-state index in [1.807, 2.05) is 25.1 Å². The maximum Gasteiger partial charge on any atom is 0.252 e. The predicted molar refractivity (Wildman–Crippen MR) is 86.2 cm³/mol. The fourth-order valence-corrected chi connectivity index (χ4v) is 1.94. The van der Waals surface area contributed by atoms with E-state index in [9.17, 15) is 4.79 Å². The maximum atomic E-state index is 12.5. The second-order valence-electron chi connectivity index (χ2n) is 5.55. The number of carbonyl (C=O) groups is 1. The molecule has 0 heterocycles. The van der Waals surface area contributed by atoms with Gasteiger partial charge in [0.05, 0.1) is 12.2 Å². The highest BCUT2D eigenvalue weighted by molar-refractivity contribution is 5.97. The third kappa shape index (κ3) is 4.91. The van der Waals surface area contributed by atoms with Gasteiger partial charge in [-0.05, 0) is 44.4 Å². The molecule has 0 aliphatic rings. The van der Waals surface area contributed by atoms with Crippen LogP contribution in [0.15, 0.2) is 18.2 Å². The molecule has 2 N–H and O–H groups in total. The number of hydrogen-bond donors (Lipinski definition) is 2. The van der Waals surface area contributed by atoms with Crippen molar-refractivity contribution in [3.8, 4) is 11.8 Å². The van der Waals surface area contributed by atoms with E-state index in [-0.39, 0.29) is 18.1 Å². The number of aryl methyl sites for hydroxylation is 1. The lowest BCUT2D eigenvalue weighted by molar-refractivity contribution is 0.0901. The number of nitrogens with one attached hydrogen (secondary N) is 1. The van der Waals surface area contributed by atoms with Gasteiger partial charge in [0.1, 0.15) is 0 Å². The summed E-state index contributed by atoms with van der Waals surface area (Å²) >= 11 is 0. The molecule has 3 heteroatoms. The van der Waals surface area contributed by atoms with Crippen molar-refractivity contribution in [3.05, 3.63) is 34.9 Å². The molecule has 0 aromatic heterocycles. The first kappa shape index (κ1) is 17.3. The van der Waals surface area contributed by atoms with Gasteiger partial charge >= 0.3 is 0 Å². The fraction of sp³-hybridized carbons (Fsp3) is 0.500. The van der Waals surface area contributed by atoms with Crippen LogP contribution >= 0.6 is 0 Å². The van der Waals surface area contributed by atoms with Gasteiger partial charge in [0.25, 0.3) is 5.91 Å². The molecule has 0 radical (unpaired) electrons. The van der Waals surface area contributed by atoms with Crippen LogP contribution < -0.4 is 5.32 Å². The third-order valence-electron chi connectivity index (χ3n) is 3.86. The Morgan fingerprint density at radius 2 is 2.00 bits per heavy atom. The number of amides is 1. The zero-order valence-electron chi connectivity index (χ0n) is 13.4. The van der Waals surface area contributed by atoms with Crippen molar-refractivity contribution >= 4 is 5.91 Å². The summed E-state index contributed by atoms with van der Waals surface area (Å²) in [6.07, 6.45) is 2.18. The number of aliphatic hydroxyl groups is 1. The first-order valence-electron chi connectivity index (χ1n) is 7.48. The molecule has 0 bridgehead atoms. The number of carbonyl (C=O) groups excluding carboxylic acids is 1. The molecule has 0 aliphatic carbocycles. The zero-order valence-corrected chi connectivity index (χ0v) is 13.4. The molecule has 0 spiro atoms. The second-order valence-corrected chi connectivity index (χ2v) is 5.55. The normalized spacial score (nSPS) is 10.7. The predicted octanol–water partition coefficient (Wildman–Crippen LogP) is 3.04. The minimum atomic E-state index is -0.197. The zero-order chi connectivity index (χ0) is 15.9. The summed E-state index contributed by atoms with van der Waals surface area (Å²) in [4.78, 5) is 12.5. The first-order chi connectivity index (χ1) is 9.95. The fourth-order valence-electron chi connectivity index (χ4n) is 1.94. The van der Waals surface area contributed by atoms with E-state index in [2.05, 4.69) is 37.9 Å². The molecule has 21 heavy (non-hydrogen) atoms. The van der Waals surface area contributed by atoms with Gasteiger partial charge in [-0.25, -0.2) is 0 Å². The van der Waals surface area contributed by atoms with E-state index in [1.54, 1.807) is 0 Å². The molecule has 1 rings (SSSR count). The van der Waals surface area contributed by atoms with Gasteiger partial charge in [-0.3, -0.25) is 4.79 Å². The molecule has 1 aromatic rings. The molecule has 0 unspecified atom stereocenters. The Bertz CT molecular complexity index is 548. The monoisotopic (exact) mass is 287 g/mol. The Labute approximate surface area is 127 Å². The van der Waals surface area contributed by atoms with Crippen LogP contribution in [0, 0.1) is 18.8 Å². The van der Waals surface area contributed by atoms with Crippen molar-refractivity contribution in [2.75, 3.05) is 6.61 Å². The van der Waals surface area contributed by atoms with Crippen LogP contribution in [0.25, 0.3) is 0 Å². The summed E-state index contributed by atoms with van der Waals surface area (Å²) in [5.41, 5.74) is 2.18. The van der Waals surface area contributed by atoms with Crippen molar-refractivity contribution in [2.45, 2.75) is 52.5 Å². The molecule has 0 aliphatic heterocycles. The number of aliphatic hydroxyl groups excluding tert-OH is 1. The molecule has 3 nitrogen and oxygen atoms in total. The van der Waals surface area contributed by atoms with E-state index in [4.69, 9.17) is 5.11 Å². The van der Waals surface area contributed by atoms with Gasteiger partial charge < -0.3 is 10.4 Å². The molecule has 0 saturated carbocycles. The average molecular weight is 287 g/mol. The van der Waals surface area contributed by atoms with Crippen LogP contribution in [0.4, 0.5) is 0 Å². The van der Waals surface area contributed by atoms with E-state index in [0.717, 1.165) is 24.0 Å². The minimum absolute atomic E-state index is 0.0318. The Morgan fingerprint density at radius 3 is 2.57 bits per heavy atom. The summed E-state index contributed by atoms with van der Waals surface area (Å²) in [6.45, 7) is 8.20. The third-order valence-corrected chi connectivity index (χ3v) is 3.86. The average Bonchev–Trinajstić information content (AvgIpc) is 2.47. The largest absolute Gasteiger partial charge is 0.395 e. The van der Waals surface area contributed by atoms with Crippen molar-refractivity contribution in [1.82, 2.24) is 5.32 Å². The quantitative estimate of drug-likeness (QED) is 0.818. The van der Waals surface area contributed by atoms with Crippen molar-refractivity contribution < 1.29 is 9.90 Å². The highest BCUT2D eigenvalue weighted by Crippen LogP contribution is 2.17. The van der Waals surface area contributed by atoms with Gasteiger partial charge in [-0.15, -0.1) is 0 Å². The van der Waals surface area contributed by atoms with Crippen molar-refractivity contribution in [1.29, 1.82) is 0 Å². The second kappa shape index (κ2) is 7.85. The molecule has 0 fully saturated rings. The van der Waals surface area contributed by atoms with Crippen LogP contribution in [0.5, 0.6) is 0 Å². The van der Waals surface area contributed by atoms with Crippen molar-refractivity contribution in [2.24, 2.45) is 0 Å².